The Bertz CT molecular complexity index is 872. The fourth-order valence-corrected chi connectivity index (χ4v) is 5.60. The third-order valence-electron chi connectivity index (χ3n) is 7.26. The summed E-state index contributed by atoms with van der Waals surface area (Å²) in [5.74, 6) is -0.534. The predicted molar refractivity (Wildman–Crippen MR) is 124 cm³/mol. The number of nitrogens with one attached hydrogen (secondary N) is 1. The molecule has 0 spiro atoms. The van der Waals surface area contributed by atoms with Gasteiger partial charge in [-0.15, -0.1) is 0 Å². The second kappa shape index (κ2) is 10.1. The van der Waals surface area contributed by atoms with Crippen LogP contribution in [0.5, 0.6) is 5.75 Å². The van der Waals surface area contributed by atoms with Gasteiger partial charge in [0, 0.05) is 13.1 Å². The van der Waals surface area contributed by atoms with E-state index < -0.39 is 24.0 Å². The van der Waals surface area contributed by atoms with E-state index in [1.165, 1.54) is 0 Å². The number of unbranched alkanes of at least 4 members (excludes halogenated alkanes) is 3. The Kier molecular flexibility index (Phi) is 7.22. The highest BCUT2D eigenvalue weighted by Crippen LogP contribution is 2.46. The fraction of sp³-hybridized carbons (Fsp3) is 0.640. The number of phenolic OH excluding ortho intramolecular Hbond substituents is 1. The lowest BCUT2D eigenvalue weighted by Crippen LogP contribution is -2.60. The van der Waals surface area contributed by atoms with Gasteiger partial charge in [-0.05, 0) is 70.4 Å². The summed E-state index contributed by atoms with van der Waals surface area (Å²) in [5.41, 5.74) is 0.784. The van der Waals surface area contributed by atoms with Crippen molar-refractivity contribution in [3.05, 3.63) is 29.8 Å². The van der Waals surface area contributed by atoms with Crippen molar-refractivity contribution in [3.63, 3.8) is 0 Å². The number of nitrogens with zero attached hydrogens (tertiary/aromatic N) is 3. The van der Waals surface area contributed by atoms with E-state index >= 15 is 0 Å². The molecular weight excluding hydrogens is 420 g/mol. The average Bonchev–Trinajstić information content (AvgIpc) is 3.43. The van der Waals surface area contributed by atoms with Gasteiger partial charge in [-0.25, -0.2) is 0 Å². The fourth-order valence-electron chi connectivity index (χ4n) is 5.60. The topological polar surface area (TPSA) is 93.2 Å². The van der Waals surface area contributed by atoms with Gasteiger partial charge < -0.3 is 25.1 Å². The zero-order valence-electron chi connectivity index (χ0n) is 19.7. The first-order valence-electron chi connectivity index (χ1n) is 12.2. The summed E-state index contributed by atoms with van der Waals surface area (Å²) in [6, 6.07) is 5.17. The number of fused-ring (bicyclic) bond motifs is 2. The van der Waals surface area contributed by atoms with Gasteiger partial charge in [-0.3, -0.25) is 14.4 Å². The van der Waals surface area contributed by atoms with Gasteiger partial charge in [0.2, 0.25) is 17.7 Å². The molecule has 3 aliphatic rings. The third kappa shape index (κ3) is 4.86. The van der Waals surface area contributed by atoms with Crippen molar-refractivity contribution in [1.29, 1.82) is 0 Å². The lowest BCUT2D eigenvalue weighted by molar-refractivity contribution is -0.159. The molecule has 3 fully saturated rings. The van der Waals surface area contributed by atoms with Gasteiger partial charge in [-0.1, -0.05) is 25.0 Å². The molecule has 3 saturated heterocycles. The van der Waals surface area contributed by atoms with Crippen molar-refractivity contribution in [2.24, 2.45) is 5.92 Å². The zero-order valence-corrected chi connectivity index (χ0v) is 19.7. The Labute approximate surface area is 195 Å². The average molecular weight is 457 g/mol. The third-order valence-corrected chi connectivity index (χ3v) is 7.26. The van der Waals surface area contributed by atoms with Crippen molar-refractivity contribution >= 4 is 17.7 Å². The molecule has 2 N–H and O–H groups in total. The van der Waals surface area contributed by atoms with Crippen molar-refractivity contribution in [3.8, 4) is 5.75 Å². The summed E-state index contributed by atoms with van der Waals surface area (Å²) >= 11 is 0. The molecule has 8 heteroatoms. The van der Waals surface area contributed by atoms with E-state index in [0.717, 1.165) is 44.2 Å². The second-order valence-corrected chi connectivity index (χ2v) is 9.84. The van der Waals surface area contributed by atoms with Crippen LogP contribution in [0.3, 0.4) is 0 Å². The lowest BCUT2D eigenvalue weighted by atomic mass is 9.92. The minimum atomic E-state index is -0.590. The highest BCUT2D eigenvalue weighted by molar-refractivity contribution is 5.99. The van der Waals surface area contributed by atoms with Crippen LogP contribution >= 0.6 is 0 Å². The number of amides is 3. The smallest absolute Gasteiger partial charge is 0.246 e. The molecule has 1 aromatic carbocycles. The van der Waals surface area contributed by atoms with Gasteiger partial charge in [0.1, 0.15) is 17.8 Å². The number of phenols is 1. The van der Waals surface area contributed by atoms with Gasteiger partial charge in [0.15, 0.2) is 0 Å². The maximum atomic E-state index is 13.4. The molecule has 3 amide bonds. The first kappa shape index (κ1) is 23.5. The van der Waals surface area contributed by atoms with E-state index in [-0.39, 0.29) is 23.5 Å². The van der Waals surface area contributed by atoms with Crippen LogP contribution in [-0.2, 0) is 14.4 Å². The second-order valence-electron chi connectivity index (χ2n) is 9.84. The van der Waals surface area contributed by atoms with Gasteiger partial charge in [0.05, 0.1) is 12.0 Å². The molecule has 0 bridgehead atoms. The van der Waals surface area contributed by atoms with Crippen LogP contribution < -0.4 is 5.32 Å². The molecule has 8 nitrogen and oxygen atoms in total. The van der Waals surface area contributed by atoms with E-state index in [2.05, 4.69) is 24.3 Å². The first-order chi connectivity index (χ1) is 15.9. The lowest BCUT2D eigenvalue weighted by Gasteiger charge is -2.41. The number of benzene rings is 1. The van der Waals surface area contributed by atoms with Crippen molar-refractivity contribution < 1.29 is 19.5 Å². The molecule has 3 heterocycles. The molecule has 180 valence electrons. The van der Waals surface area contributed by atoms with E-state index in [1.807, 2.05) is 0 Å². The van der Waals surface area contributed by atoms with E-state index in [1.54, 1.807) is 34.1 Å². The summed E-state index contributed by atoms with van der Waals surface area (Å²) in [6.07, 6.45) is 6.10. The Morgan fingerprint density at radius 2 is 1.79 bits per heavy atom. The molecule has 0 radical (unpaired) electrons. The minimum Gasteiger partial charge on any atom is -0.508 e. The summed E-state index contributed by atoms with van der Waals surface area (Å²) in [6.45, 7) is 2.29. The maximum absolute atomic E-state index is 13.4. The Morgan fingerprint density at radius 3 is 2.52 bits per heavy atom. The summed E-state index contributed by atoms with van der Waals surface area (Å²) in [4.78, 5) is 45.4. The minimum absolute atomic E-state index is 0.0305. The Hall–Kier alpha value is -2.61. The van der Waals surface area contributed by atoms with Crippen LogP contribution in [0.4, 0.5) is 0 Å². The highest BCUT2D eigenvalue weighted by atomic mass is 16.3. The number of hydrogen-bond acceptors (Lipinski definition) is 5. The molecule has 3 aliphatic heterocycles. The summed E-state index contributed by atoms with van der Waals surface area (Å²) in [7, 11) is 4.14. The number of hydrogen-bond donors (Lipinski definition) is 2. The van der Waals surface area contributed by atoms with Gasteiger partial charge >= 0.3 is 0 Å². The monoisotopic (exact) mass is 456 g/mol. The Balaban J connectivity index is 1.46. The van der Waals surface area contributed by atoms with Crippen LogP contribution in [0.2, 0.25) is 0 Å². The maximum Gasteiger partial charge on any atom is 0.246 e. The quantitative estimate of drug-likeness (QED) is 0.554. The van der Waals surface area contributed by atoms with Gasteiger partial charge in [0.25, 0.3) is 0 Å². The number of rotatable bonds is 9. The molecule has 4 atom stereocenters. The number of aromatic hydroxyl groups is 1. The molecule has 33 heavy (non-hydrogen) atoms. The number of carbonyl (C=O) groups excluding carboxylic acids is 3. The number of carbonyl (C=O) groups is 3. The van der Waals surface area contributed by atoms with Crippen molar-refractivity contribution in [2.45, 2.75) is 63.1 Å². The SMILES string of the molecule is CN(C)CCCCCCNC(=O)[C@@H]1C[C@@H]2C(=O)N3CCC[C@H]3C(=O)N2[C@@H]1c1ccc(O)cc1. The van der Waals surface area contributed by atoms with Crippen LogP contribution in [0.15, 0.2) is 24.3 Å². The molecule has 4 rings (SSSR count). The Morgan fingerprint density at radius 1 is 1.06 bits per heavy atom. The molecule has 0 aliphatic carbocycles. The molecule has 0 aromatic heterocycles. The largest absolute Gasteiger partial charge is 0.508 e. The normalized spacial score (nSPS) is 26.6. The van der Waals surface area contributed by atoms with E-state index in [0.29, 0.717) is 25.9 Å². The zero-order chi connectivity index (χ0) is 23.5. The molecular formula is C25H36N4O4. The highest BCUT2D eigenvalue weighted by Gasteiger charge is 2.57. The summed E-state index contributed by atoms with van der Waals surface area (Å²) in [5, 5.41) is 12.8. The van der Waals surface area contributed by atoms with Crippen LogP contribution in [-0.4, -0.2) is 83.3 Å². The van der Waals surface area contributed by atoms with Crippen molar-refractivity contribution in [1.82, 2.24) is 20.0 Å². The van der Waals surface area contributed by atoms with Crippen LogP contribution in [0.25, 0.3) is 0 Å². The first-order valence-corrected chi connectivity index (χ1v) is 12.2. The van der Waals surface area contributed by atoms with Crippen LogP contribution in [0.1, 0.15) is 56.6 Å². The van der Waals surface area contributed by atoms with E-state index in [4.69, 9.17) is 0 Å². The molecule has 1 aromatic rings. The standard InChI is InChI=1S/C25H36N4O4/c1-27(2)14-6-4-3-5-13-26-23(31)19-16-21-24(32)28-15-7-8-20(28)25(33)29(21)22(19)17-9-11-18(30)12-10-17/h9-12,19-22,30H,3-8,13-16H2,1-2H3,(H,26,31)/t19-,20+,21-,22-/m1/s1. The number of piperazine rings is 1. The van der Waals surface area contributed by atoms with Crippen LogP contribution in [0, 0.1) is 5.92 Å². The van der Waals surface area contributed by atoms with E-state index in [9.17, 15) is 19.5 Å². The molecule has 0 unspecified atom stereocenters. The van der Waals surface area contributed by atoms with Crippen molar-refractivity contribution in [2.75, 3.05) is 33.7 Å². The molecule has 0 saturated carbocycles. The predicted octanol–water partition coefficient (Wildman–Crippen LogP) is 1.89. The van der Waals surface area contributed by atoms with Gasteiger partial charge in [-0.2, -0.15) is 0 Å². The summed E-state index contributed by atoms with van der Waals surface area (Å²) < 4.78 is 0.